The van der Waals surface area contributed by atoms with Crippen LogP contribution in [0, 0.1) is 6.92 Å². The molecule has 5 aromatic carbocycles. The summed E-state index contributed by atoms with van der Waals surface area (Å²) in [5.74, 6) is 0. The molecule has 0 aliphatic carbocycles. The lowest BCUT2D eigenvalue weighted by Crippen LogP contribution is -2.62. The van der Waals surface area contributed by atoms with Gasteiger partial charge in [0.15, 0.2) is 6.71 Å². The molecular weight excluding hydrogens is 431 g/mol. The molecule has 1 heteroatoms. The monoisotopic (exact) mass is 494 g/mol. The highest BCUT2D eigenvalue weighted by Gasteiger charge is 2.52. The molecule has 1 heterocycles. The topological polar surface area (TPSA) is 0 Å². The average molecular weight is 495 g/mol. The average Bonchev–Trinajstić information content (AvgIpc) is 3.19. The lowest BCUT2D eigenvalue weighted by Gasteiger charge is -2.49. The summed E-state index contributed by atoms with van der Waals surface area (Å²) in [6.45, 7) is -20.5. The molecule has 0 unspecified atom stereocenters. The van der Waals surface area contributed by atoms with Gasteiger partial charge in [0, 0.05) is 16.4 Å². The first-order chi connectivity index (χ1) is 29.8. The van der Waals surface area contributed by atoms with E-state index in [9.17, 15) is 21.9 Å². The minimum atomic E-state index is -4.46. The van der Waals surface area contributed by atoms with Gasteiger partial charge in [-0.05, 0) is 67.3 Å². The molecule has 0 atom stereocenters. The predicted octanol–water partition coefficient (Wildman–Crippen LogP) is 8.53. The normalized spacial score (nSPS) is 29.1. The quantitative estimate of drug-likeness (QED) is 0.221. The number of benzene rings is 5. The molecule has 0 aromatic heterocycles. The number of hydrogen-bond acceptors (Lipinski definition) is 0. The van der Waals surface area contributed by atoms with E-state index < -0.39 is 209 Å². The Bertz CT molecular complexity index is 2690. The summed E-state index contributed by atoms with van der Waals surface area (Å²) in [4.78, 5) is 0. The molecule has 0 nitrogen and oxygen atoms in total. The van der Waals surface area contributed by atoms with Gasteiger partial charge in [0.25, 0.3) is 0 Å². The molecule has 0 saturated carbocycles. The summed E-state index contributed by atoms with van der Waals surface area (Å²) >= 11 is 0. The van der Waals surface area contributed by atoms with Crippen molar-refractivity contribution >= 4 is 22.9 Å². The second-order valence-electron chi connectivity index (χ2n) is 8.34. The van der Waals surface area contributed by atoms with E-state index in [2.05, 4.69) is 0 Å². The minimum absolute atomic E-state index is 0.494. The van der Waals surface area contributed by atoms with Crippen LogP contribution in [-0.4, -0.2) is 6.71 Å². The molecule has 0 fully saturated rings. The molecular formula is C35H33B. The number of rotatable bonds is 3. The Labute approximate surface area is 258 Å². The van der Waals surface area contributed by atoms with Gasteiger partial charge in [-0.1, -0.05) is 142 Å². The fraction of sp³-hybridized carbons (Fsp3) is 0.200. The van der Waals surface area contributed by atoms with E-state index in [-0.39, 0.29) is 0 Å². The van der Waals surface area contributed by atoms with Crippen molar-refractivity contribution in [2.45, 2.75) is 45.0 Å². The number of aryl methyl sites for hydroxylation is 1. The largest absolute Gasteiger partial charge is 0.198 e. The molecule has 0 bridgehead atoms. The molecule has 1 aliphatic rings. The molecule has 6 rings (SSSR count). The second-order valence-corrected chi connectivity index (χ2v) is 8.34. The zero-order valence-corrected chi connectivity index (χ0v) is 18.6. The zero-order valence-electron chi connectivity index (χ0n) is 48.6. The van der Waals surface area contributed by atoms with Crippen LogP contribution in [0.4, 0.5) is 0 Å². The van der Waals surface area contributed by atoms with Gasteiger partial charge in [0.1, 0.15) is 0 Å². The van der Waals surface area contributed by atoms with Crippen LogP contribution in [0.1, 0.15) is 85.2 Å². The highest BCUT2D eigenvalue weighted by molar-refractivity contribution is 6.81. The lowest BCUT2D eigenvalue weighted by molar-refractivity contribution is 0.636. The molecule has 0 N–H and O–H groups in total. The SMILES string of the molecule is [2H]c1c([2H])c([2H])c(-c2c([2H])c([2H])c([2H])c(-c3c([2H])c([2H])c([2H])c([2H])c3[2H])c2B2C(C([2H])([2H])[2H])(C([2H])([2H])[2H])c3c([2H])c([2H])c([2H])c4c(C)c([2H])c([2H])c(c34)C2(C([2H])([2H])[2H])C([2H])([2H])[2H])c([2H])c1[2H]. The summed E-state index contributed by atoms with van der Waals surface area (Å²) < 4.78 is 272. The van der Waals surface area contributed by atoms with E-state index in [4.69, 9.17) is 19.2 Å². The van der Waals surface area contributed by atoms with Crippen molar-refractivity contribution in [2.24, 2.45) is 0 Å². The Morgan fingerprint density at radius 1 is 0.583 bits per heavy atom. The summed E-state index contributed by atoms with van der Waals surface area (Å²) in [6, 6.07) is -23.0. The van der Waals surface area contributed by atoms with Crippen LogP contribution in [0.15, 0.2) is 109 Å². The zero-order chi connectivity index (χ0) is 50.7. The van der Waals surface area contributed by atoms with E-state index in [0.29, 0.717) is 0 Å². The van der Waals surface area contributed by atoms with Crippen LogP contribution in [-0.2, 0) is 10.6 Å². The van der Waals surface area contributed by atoms with Crippen molar-refractivity contribution in [2.75, 3.05) is 0 Å². The fourth-order valence-corrected chi connectivity index (χ4v) is 4.71. The van der Waals surface area contributed by atoms with Crippen LogP contribution >= 0.6 is 0 Å². The third kappa shape index (κ3) is 3.29. The Balaban J connectivity index is 2.30. The molecule has 0 radical (unpaired) electrons. The van der Waals surface area contributed by atoms with Gasteiger partial charge in [-0.15, -0.1) is 0 Å². The molecule has 5 aromatic rings. The van der Waals surface area contributed by atoms with Crippen molar-refractivity contribution in [3.05, 3.63) is 125 Å². The van der Waals surface area contributed by atoms with Gasteiger partial charge in [-0.2, -0.15) is 0 Å². The van der Waals surface area contributed by atoms with E-state index in [1.54, 1.807) is 0 Å². The maximum atomic E-state index is 9.40. The Kier molecular flexibility index (Phi) is 1.61. The van der Waals surface area contributed by atoms with Crippen LogP contribution in [0.3, 0.4) is 0 Å². The second kappa shape index (κ2) is 8.24. The van der Waals surface area contributed by atoms with Crippen LogP contribution in [0.2, 0.25) is 0 Å². The van der Waals surface area contributed by atoms with Crippen molar-refractivity contribution in [3.63, 3.8) is 0 Å². The lowest BCUT2D eigenvalue weighted by atomic mass is 9.16. The van der Waals surface area contributed by atoms with E-state index in [0.717, 1.165) is 6.92 Å². The van der Waals surface area contributed by atoms with E-state index in [1.807, 2.05) is 0 Å². The van der Waals surface area contributed by atoms with Crippen molar-refractivity contribution in [3.8, 4) is 22.3 Å². The maximum absolute atomic E-state index is 9.40. The molecule has 176 valence electrons. The van der Waals surface area contributed by atoms with Gasteiger partial charge in [-0.3, -0.25) is 0 Å². The Hall–Kier alpha value is -3.58. The summed E-state index contributed by atoms with van der Waals surface area (Å²) in [5, 5.41) is -10.7. The Morgan fingerprint density at radius 2 is 1.11 bits per heavy atom. The molecule has 0 saturated heterocycles. The standard InChI is InChI=1S/C35H33B/c1-24-22-23-31-32-27(24)18-13-21-30(32)34(2,3)36(35(31,4)5)33-28(25-14-8-6-9-15-25)19-12-20-29(33)26-16-10-7-11-17-26/h6-23H,1-5H3/i2D3,3D3,4D3,5D3,6D,7D,8D,9D,10D,11D,12D,13D,14D,15D,16D,17D,18D,19D,20D,21D,22D,23D. The molecule has 0 spiro atoms. The van der Waals surface area contributed by atoms with Crippen LogP contribution in [0.5, 0.6) is 0 Å². The fourth-order valence-electron chi connectivity index (χ4n) is 4.71. The van der Waals surface area contributed by atoms with Crippen molar-refractivity contribution in [1.29, 1.82) is 0 Å². The first-order valence-electron chi connectivity index (χ1n) is 25.6. The van der Waals surface area contributed by atoms with E-state index in [1.165, 1.54) is 0 Å². The molecule has 36 heavy (non-hydrogen) atoms. The summed E-state index contributed by atoms with van der Waals surface area (Å²) in [5.41, 5.74) is -10.4. The highest BCUT2D eigenvalue weighted by Crippen LogP contribution is 2.50. The smallest absolute Gasteiger partial charge is 0.0628 e. The first-order valence-corrected chi connectivity index (χ1v) is 10.6. The third-order valence-electron chi connectivity index (χ3n) is 6.23. The van der Waals surface area contributed by atoms with Gasteiger partial charge in [0.2, 0.25) is 0 Å². The van der Waals surface area contributed by atoms with E-state index >= 15 is 0 Å². The van der Waals surface area contributed by atoms with Gasteiger partial charge >= 0.3 is 0 Å². The van der Waals surface area contributed by atoms with Gasteiger partial charge in [0.05, 0.1) is 24.7 Å². The maximum Gasteiger partial charge on any atom is 0.198 e. The van der Waals surface area contributed by atoms with Gasteiger partial charge < -0.3 is 0 Å². The highest BCUT2D eigenvalue weighted by atomic mass is 14.4. The van der Waals surface area contributed by atoms with Crippen LogP contribution < -0.4 is 5.46 Å². The summed E-state index contributed by atoms with van der Waals surface area (Å²) in [6.07, 6.45) is 0. The third-order valence-corrected chi connectivity index (χ3v) is 6.23. The predicted molar refractivity (Wildman–Crippen MR) is 157 cm³/mol. The number of hydrogen-bond donors (Lipinski definition) is 0. The molecule has 1 aliphatic heterocycles. The first kappa shape index (κ1) is 7.04. The van der Waals surface area contributed by atoms with Crippen molar-refractivity contribution in [1.82, 2.24) is 0 Å². The summed E-state index contributed by atoms with van der Waals surface area (Å²) in [7, 11) is 0. The Morgan fingerprint density at radius 3 is 1.67 bits per heavy atom. The van der Waals surface area contributed by atoms with Gasteiger partial charge in [-0.25, -0.2) is 0 Å². The minimum Gasteiger partial charge on any atom is -0.0628 e. The molecule has 0 amide bonds. The van der Waals surface area contributed by atoms with Crippen LogP contribution in [0.25, 0.3) is 33.0 Å². The van der Waals surface area contributed by atoms with Crippen molar-refractivity contribution < 1.29 is 41.1 Å².